The number of nitrogens with zero attached hydrogens (tertiary/aromatic N) is 2. The summed E-state index contributed by atoms with van der Waals surface area (Å²) in [4.78, 5) is 0. The zero-order valence-electron chi connectivity index (χ0n) is 78.3. The zero-order chi connectivity index (χ0) is 93.1. The van der Waals surface area contributed by atoms with E-state index in [0.29, 0.717) is 0 Å². The second-order valence-corrected chi connectivity index (χ2v) is 40.4. The minimum atomic E-state index is 0.107. The standard InChI is InChI=1S/C27H18.2C25H17N.C22H18.C19H12O.C19H12S/c1-2-7-20-15-21(11-9-18(20)5-1)22-12-13-23-16-24-14-10-19-6-3-4-8-25(19)27(24)26(23)17-22;1-2-9-19(10-3-1)26-24-13-7-6-12-21(24)23-16-22-18(15-25(23)26)14-17-8-4-5-11-20(17)22;1-2-9-19(10-3-1)26-22-13-7-6-12-21(22)25-23(26)15-14-18-16-17-8-4-5-11-20(17)24(18)25;1-22(2)20-10-6-5-9-17(20)19-13-18-15(12-21(19)22)11-14-7-3-4-8-16(14)18;2*1-2-6-13-12(5-1)11-17-14(13)9-10-16-15-7-3-4-8-18(15)20-19(16)17/h1-15,17H,16H2;1-13,15-16H,14H2;1-15H,16H2;3-10,12-13H,11H2,1-2H3;2*1-10H,11H2. The molecular weight excluding hydrogens is 1720 g/mol. The predicted molar refractivity (Wildman–Crippen MR) is 595 cm³/mol. The van der Waals surface area contributed by atoms with Crippen LogP contribution in [0.15, 0.2) is 465 Å². The fourth-order valence-electron chi connectivity index (χ4n) is 24.6. The van der Waals surface area contributed by atoms with E-state index in [1.54, 1.807) is 0 Å². The zero-order valence-corrected chi connectivity index (χ0v) is 79.1. The Morgan fingerprint density at radius 2 is 0.695 bits per heavy atom. The van der Waals surface area contributed by atoms with Gasteiger partial charge in [0.25, 0.3) is 0 Å². The maximum atomic E-state index is 6.13. The number of para-hydroxylation sites is 5. The molecule has 0 aliphatic heterocycles. The number of benzene rings is 22. The molecule has 7 aliphatic rings. The smallest absolute Gasteiger partial charge is 0.139 e. The van der Waals surface area contributed by atoms with Gasteiger partial charge in [-0.1, -0.05) is 384 Å². The highest BCUT2D eigenvalue weighted by molar-refractivity contribution is 7.26. The highest BCUT2D eigenvalue weighted by Gasteiger charge is 2.38. The molecule has 33 rings (SSSR count). The Balaban J connectivity index is 0.0000000831. The number of hydrogen-bond donors (Lipinski definition) is 0. The van der Waals surface area contributed by atoms with Crippen LogP contribution in [0, 0.1) is 0 Å². The summed E-state index contributed by atoms with van der Waals surface area (Å²) in [5, 5.41) is 15.9. The molecule has 0 unspecified atom stereocenters. The van der Waals surface area contributed by atoms with E-state index in [-0.39, 0.29) is 5.41 Å². The fraction of sp³-hybridized carbons (Fsp3) is 0.0657. The summed E-state index contributed by atoms with van der Waals surface area (Å²) in [7, 11) is 0. The molecule has 3 nitrogen and oxygen atoms in total. The van der Waals surface area contributed by atoms with Gasteiger partial charge in [-0.2, -0.15) is 0 Å². The van der Waals surface area contributed by atoms with Gasteiger partial charge in [-0.15, -0.1) is 11.3 Å². The Morgan fingerprint density at radius 3 is 1.40 bits per heavy atom. The van der Waals surface area contributed by atoms with Gasteiger partial charge in [0.05, 0.1) is 22.1 Å². The van der Waals surface area contributed by atoms with Gasteiger partial charge in [0, 0.05) is 87.7 Å². The molecule has 0 saturated heterocycles. The molecule has 0 fully saturated rings. The van der Waals surface area contributed by atoms with Crippen LogP contribution in [-0.2, 0) is 43.9 Å². The van der Waals surface area contributed by atoms with E-state index in [4.69, 9.17) is 4.42 Å². The third kappa shape index (κ3) is 13.5. The summed E-state index contributed by atoms with van der Waals surface area (Å²) < 4.78 is 13.8. The van der Waals surface area contributed by atoms with E-state index in [1.807, 2.05) is 23.5 Å². The van der Waals surface area contributed by atoms with E-state index >= 15 is 0 Å². The van der Waals surface area contributed by atoms with Gasteiger partial charge in [-0.25, -0.2) is 0 Å². The molecule has 22 aromatic carbocycles. The van der Waals surface area contributed by atoms with Crippen LogP contribution in [0.25, 0.3) is 208 Å². The monoisotopic (exact) mass is 1810 g/mol. The van der Waals surface area contributed by atoms with Crippen LogP contribution in [0.4, 0.5) is 0 Å². The van der Waals surface area contributed by atoms with Crippen molar-refractivity contribution in [1.29, 1.82) is 0 Å². The topological polar surface area (TPSA) is 23.0 Å². The summed E-state index contributed by atoms with van der Waals surface area (Å²) in [5.74, 6) is 0. The summed E-state index contributed by atoms with van der Waals surface area (Å²) in [6, 6.07) is 168. The van der Waals surface area contributed by atoms with E-state index < -0.39 is 0 Å². The molecule has 0 amide bonds. The van der Waals surface area contributed by atoms with Crippen LogP contribution < -0.4 is 0 Å². The molecule has 4 heteroatoms. The van der Waals surface area contributed by atoms with Crippen LogP contribution >= 0.6 is 11.3 Å². The molecule has 7 aliphatic carbocycles. The van der Waals surface area contributed by atoms with Gasteiger partial charge in [0.2, 0.25) is 0 Å². The first-order valence-electron chi connectivity index (χ1n) is 49.6. The Bertz CT molecular complexity index is 9500. The summed E-state index contributed by atoms with van der Waals surface area (Å²) >= 11 is 1.94. The number of rotatable bonds is 3. The molecule has 4 heterocycles. The second-order valence-electron chi connectivity index (χ2n) is 39.4. The number of furan rings is 1. The van der Waals surface area contributed by atoms with Crippen LogP contribution in [0.1, 0.15) is 91.7 Å². The predicted octanol–water partition coefficient (Wildman–Crippen LogP) is 36.3. The van der Waals surface area contributed by atoms with Crippen molar-refractivity contribution in [3.05, 3.63) is 539 Å². The molecule has 4 aromatic heterocycles. The average Bonchev–Trinajstić information content (AvgIpc) is 1.55. The number of aromatic nitrogens is 2. The summed E-state index contributed by atoms with van der Waals surface area (Å²) in [6.07, 6.45) is 6.22. The van der Waals surface area contributed by atoms with Crippen LogP contribution in [0.2, 0.25) is 0 Å². The van der Waals surface area contributed by atoms with E-state index in [1.165, 1.54) is 274 Å². The van der Waals surface area contributed by atoms with Crippen LogP contribution in [0.5, 0.6) is 0 Å². The van der Waals surface area contributed by atoms with Crippen molar-refractivity contribution in [1.82, 2.24) is 9.13 Å². The van der Waals surface area contributed by atoms with Crippen molar-refractivity contribution in [2.24, 2.45) is 0 Å². The quantitative estimate of drug-likeness (QED) is 0.173. The lowest BCUT2D eigenvalue weighted by molar-refractivity contribution is 0.659. The lowest BCUT2D eigenvalue weighted by Gasteiger charge is -2.22. The van der Waals surface area contributed by atoms with Gasteiger partial charge < -0.3 is 13.6 Å². The molecule has 141 heavy (non-hydrogen) atoms. The van der Waals surface area contributed by atoms with Crippen molar-refractivity contribution >= 4 is 119 Å². The van der Waals surface area contributed by atoms with Crippen molar-refractivity contribution in [3.63, 3.8) is 0 Å². The van der Waals surface area contributed by atoms with E-state index in [0.717, 1.165) is 49.7 Å². The highest BCUT2D eigenvalue weighted by Crippen LogP contribution is 2.55. The van der Waals surface area contributed by atoms with Crippen LogP contribution in [0.3, 0.4) is 0 Å². The largest absolute Gasteiger partial charge is 0.456 e. The normalized spacial score (nSPS) is 13.1. The summed E-state index contributed by atoms with van der Waals surface area (Å²) in [5.41, 5.74) is 52.1. The number of thiophene rings is 1. The van der Waals surface area contributed by atoms with Crippen molar-refractivity contribution in [2.75, 3.05) is 0 Å². The lowest BCUT2D eigenvalue weighted by atomic mass is 9.81. The molecule has 664 valence electrons. The lowest BCUT2D eigenvalue weighted by Crippen LogP contribution is -2.15. The maximum absolute atomic E-state index is 6.13. The van der Waals surface area contributed by atoms with Crippen molar-refractivity contribution < 1.29 is 4.42 Å². The van der Waals surface area contributed by atoms with E-state index in [9.17, 15) is 0 Å². The molecule has 0 bridgehead atoms. The first-order chi connectivity index (χ1) is 69.7. The van der Waals surface area contributed by atoms with Gasteiger partial charge in [0.15, 0.2) is 0 Å². The van der Waals surface area contributed by atoms with E-state index in [2.05, 4.69) is 472 Å². The molecule has 0 spiro atoms. The Labute approximate surface area is 823 Å². The van der Waals surface area contributed by atoms with Gasteiger partial charge in [-0.3, -0.25) is 0 Å². The second kappa shape index (κ2) is 33.1. The first kappa shape index (κ1) is 82.3. The van der Waals surface area contributed by atoms with Gasteiger partial charge >= 0.3 is 0 Å². The van der Waals surface area contributed by atoms with Gasteiger partial charge in [0.1, 0.15) is 11.2 Å². The molecule has 0 radical (unpaired) electrons. The molecular formula is C137H94N2OS. The van der Waals surface area contributed by atoms with Crippen LogP contribution in [-0.4, -0.2) is 9.13 Å². The van der Waals surface area contributed by atoms with Crippen molar-refractivity contribution in [2.45, 2.75) is 57.8 Å². The minimum absolute atomic E-state index is 0.107. The average molecular weight is 1820 g/mol. The minimum Gasteiger partial charge on any atom is -0.456 e. The number of hydrogen-bond acceptors (Lipinski definition) is 2. The van der Waals surface area contributed by atoms with Crippen molar-refractivity contribution in [3.8, 4) is 100 Å². The highest BCUT2D eigenvalue weighted by atomic mass is 32.1. The first-order valence-corrected chi connectivity index (χ1v) is 50.4. The summed E-state index contributed by atoms with van der Waals surface area (Å²) in [6.45, 7) is 4.71. The molecule has 0 saturated carbocycles. The third-order valence-electron chi connectivity index (χ3n) is 31.2. The Hall–Kier alpha value is -17.0. The molecule has 26 aromatic rings. The fourth-order valence-corrected chi connectivity index (χ4v) is 25.9. The van der Waals surface area contributed by atoms with Gasteiger partial charge in [-0.05, 0) is 300 Å². The molecule has 0 atom stereocenters. The third-order valence-corrected chi connectivity index (χ3v) is 32.5. The molecule has 0 N–H and O–H groups in total. The maximum Gasteiger partial charge on any atom is 0.139 e. The SMILES string of the molecule is CC1(C)c2ccccc2-c2cc3c(cc21)Cc1ccccc1-3.c1ccc(-n2c3ccccc3c3c4c(ccc32)Cc2ccccc2-4)cc1.c1ccc(-n2c3ccccc3c3cc4c(cc32)Cc2ccccc2-4)cc1.c1ccc2c(c1)Cc1c-2ccc2c1oc1ccccc12.c1ccc2c(c1)Cc1c-2ccc2c1sc1ccccc12.c1ccc2cc(-c3ccc4c(c3)-c3c(ccc5ccccc35)C4)ccc2c1. The Kier molecular flexibility index (Phi) is 19.3. The number of fused-ring (bicyclic) bond motifs is 39. The Morgan fingerprint density at radius 1 is 0.227 bits per heavy atom.